The number of hydrogen-bond acceptors (Lipinski definition) is 1. The van der Waals surface area contributed by atoms with Crippen LogP contribution in [0.15, 0.2) is 0 Å². The van der Waals surface area contributed by atoms with E-state index in [4.69, 9.17) is 4.43 Å². The monoisotopic (exact) mass is 290 g/mol. The molecule has 0 spiro atoms. The molecule has 0 radical (unpaired) electrons. The maximum atomic E-state index is 6.46. The largest absolute Gasteiger partial charge is 0.403 e. The van der Waals surface area contributed by atoms with Crippen LogP contribution in [0.4, 0.5) is 0 Å². The smallest absolute Gasteiger partial charge is 0.193 e. The first-order valence-electron chi connectivity index (χ1n) is 7.95. The Kier molecular flexibility index (Phi) is 6.87. The zero-order valence-electron chi connectivity index (χ0n) is 13.9. The summed E-state index contributed by atoms with van der Waals surface area (Å²) in [4.78, 5) is 0. The third-order valence-corrected chi connectivity index (χ3v) is 8.74. The van der Waals surface area contributed by atoms with Crippen LogP contribution >= 0.6 is 0 Å². The highest BCUT2D eigenvalue weighted by molar-refractivity contribution is 6.74. The van der Waals surface area contributed by atoms with Crippen LogP contribution in [-0.4, -0.2) is 14.4 Å². The maximum Gasteiger partial charge on any atom is 0.193 e. The van der Waals surface area contributed by atoms with Gasteiger partial charge in [-0.3, -0.25) is 0 Å². The molecule has 2 heteroatoms. The van der Waals surface area contributed by atoms with E-state index in [0.717, 1.165) is 38.5 Å². The summed E-state index contributed by atoms with van der Waals surface area (Å²) in [6, 6.07) is 0. The summed E-state index contributed by atoms with van der Waals surface area (Å²) < 4.78 is 6.46. The molecule has 1 aliphatic carbocycles. The Balaban J connectivity index is 2.68. The summed E-state index contributed by atoms with van der Waals surface area (Å²) in [5.74, 6) is 13.2. The van der Waals surface area contributed by atoms with Gasteiger partial charge in [0, 0.05) is 19.3 Å². The van der Waals surface area contributed by atoms with Crippen molar-refractivity contribution >= 4 is 8.32 Å². The predicted molar refractivity (Wildman–Crippen MR) is 89.9 cm³/mol. The van der Waals surface area contributed by atoms with Crippen molar-refractivity contribution in [3.63, 3.8) is 0 Å². The van der Waals surface area contributed by atoms with E-state index >= 15 is 0 Å². The minimum Gasteiger partial charge on any atom is -0.403 e. The second kappa shape index (κ2) is 7.92. The van der Waals surface area contributed by atoms with E-state index in [1.807, 2.05) is 0 Å². The van der Waals surface area contributed by atoms with Crippen LogP contribution in [0.25, 0.3) is 0 Å². The first-order chi connectivity index (χ1) is 9.33. The highest BCUT2D eigenvalue weighted by atomic mass is 28.4. The Morgan fingerprint density at radius 3 is 2.05 bits per heavy atom. The van der Waals surface area contributed by atoms with Gasteiger partial charge in [-0.1, -0.05) is 26.7 Å². The van der Waals surface area contributed by atoms with Crippen LogP contribution in [0.1, 0.15) is 65.7 Å². The molecule has 112 valence electrons. The summed E-state index contributed by atoms with van der Waals surface area (Å²) in [6.07, 6.45) is 7.57. The lowest BCUT2D eigenvalue weighted by Gasteiger charge is -2.38. The van der Waals surface area contributed by atoms with Gasteiger partial charge in [-0.2, -0.15) is 0 Å². The van der Waals surface area contributed by atoms with Gasteiger partial charge < -0.3 is 4.43 Å². The van der Waals surface area contributed by atoms with E-state index < -0.39 is 8.32 Å². The molecule has 0 aliphatic heterocycles. The normalized spacial score (nSPS) is 21.6. The minimum atomic E-state index is -1.72. The van der Waals surface area contributed by atoms with Crippen molar-refractivity contribution in [3.8, 4) is 23.7 Å². The van der Waals surface area contributed by atoms with Crippen molar-refractivity contribution in [1.82, 2.24) is 0 Å². The molecule has 0 N–H and O–H groups in total. The zero-order valence-corrected chi connectivity index (χ0v) is 14.9. The average molecular weight is 291 g/mol. The predicted octanol–water partition coefficient (Wildman–Crippen LogP) is 5.13. The first-order valence-corrected chi connectivity index (χ1v) is 10.9. The molecule has 0 saturated carbocycles. The van der Waals surface area contributed by atoms with Crippen LogP contribution in [-0.2, 0) is 4.43 Å². The minimum absolute atomic E-state index is 0.108. The van der Waals surface area contributed by atoms with Gasteiger partial charge in [-0.05, 0) is 43.8 Å². The fraction of sp³-hybridized carbons (Fsp3) is 0.778. The van der Waals surface area contributed by atoms with Gasteiger partial charge in [0.05, 0.1) is 0 Å². The van der Waals surface area contributed by atoms with Crippen molar-refractivity contribution in [2.75, 3.05) is 0 Å². The molecular formula is C18H30OSi. The summed E-state index contributed by atoms with van der Waals surface area (Å²) in [7, 11) is -1.72. The van der Waals surface area contributed by atoms with Crippen LogP contribution < -0.4 is 0 Å². The fourth-order valence-electron chi connectivity index (χ4n) is 1.86. The lowest BCUT2D eigenvalue weighted by atomic mass is 10.1. The highest BCUT2D eigenvalue weighted by Crippen LogP contribution is 2.37. The van der Waals surface area contributed by atoms with Crippen molar-refractivity contribution in [3.05, 3.63) is 0 Å². The van der Waals surface area contributed by atoms with E-state index in [2.05, 4.69) is 57.5 Å². The molecule has 0 saturated heterocycles. The second-order valence-electron chi connectivity index (χ2n) is 7.14. The van der Waals surface area contributed by atoms with E-state index in [0.29, 0.717) is 0 Å². The van der Waals surface area contributed by atoms with Gasteiger partial charge in [0.15, 0.2) is 8.32 Å². The summed E-state index contributed by atoms with van der Waals surface area (Å²) in [5.41, 5.74) is 0. The average Bonchev–Trinajstić information content (AvgIpc) is 2.31. The quantitative estimate of drug-likeness (QED) is 0.506. The van der Waals surface area contributed by atoms with E-state index in [1.165, 1.54) is 6.42 Å². The van der Waals surface area contributed by atoms with Gasteiger partial charge in [0.25, 0.3) is 0 Å². The topological polar surface area (TPSA) is 9.23 Å². The number of hydrogen-bond donors (Lipinski definition) is 0. The lowest BCUT2D eigenvalue weighted by molar-refractivity contribution is 0.221. The third kappa shape index (κ3) is 6.17. The molecule has 1 aliphatic rings. The molecule has 20 heavy (non-hydrogen) atoms. The molecule has 1 unspecified atom stereocenters. The van der Waals surface area contributed by atoms with Crippen molar-refractivity contribution in [2.45, 2.75) is 90.0 Å². The van der Waals surface area contributed by atoms with Crippen LogP contribution in [0.2, 0.25) is 18.1 Å². The van der Waals surface area contributed by atoms with Crippen molar-refractivity contribution in [1.29, 1.82) is 0 Å². The van der Waals surface area contributed by atoms with Crippen LogP contribution in [0.5, 0.6) is 0 Å². The van der Waals surface area contributed by atoms with Crippen LogP contribution in [0, 0.1) is 23.7 Å². The van der Waals surface area contributed by atoms with Gasteiger partial charge in [-0.15, -0.1) is 17.8 Å². The van der Waals surface area contributed by atoms with Gasteiger partial charge in [0.2, 0.25) is 0 Å². The SMILES string of the molecule is CC(C)(C)[Si](C)(C)OC1C#CCCCCC#CCCC1. The Bertz CT molecular complexity index is 409. The van der Waals surface area contributed by atoms with Crippen molar-refractivity contribution < 1.29 is 4.43 Å². The summed E-state index contributed by atoms with van der Waals surface area (Å²) >= 11 is 0. The zero-order chi connectivity index (χ0) is 15.1. The van der Waals surface area contributed by atoms with Gasteiger partial charge in [-0.25, -0.2) is 0 Å². The summed E-state index contributed by atoms with van der Waals surface area (Å²) in [5, 5.41) is 0.248. The molecular weight excluding hydrogens is 260 g/mol. The lowest BCUT2D eigenvalue weighted by Crippen LogP contribution is -2.43. The summed E-state index contributed by atoms with van der Waals surface area (Å²) in [6.45, 7) is 11.5. The third-order valence-electron chi connectivity index (χ3n) is 4.25. The molecule has 0 aromatic heterocycles. The molecule has 1 rings (SSSR count). The van der Waals surface area contributed by atoms with E-state index in [9.17, 15) is 0 Å². The molecule has 0 bridgehead atoms. The standard InChI is InChI=1S/C18H30OSi/c1-18(2,3)20(4,5)19-17-15-13-11-9-7-6-8-10-12-14-16-17/h17H,6-7,9,11-12,14,16H2,1-5H3. The van der Waals surface area contributed by atoms with Gasteiger partial charge >= 0.3 is 0 Å². The van der Waals surface area contributed by atoms with Crippen molar-refractivity contribution in [2.24, 2.45) is 0 Å². The molecule has 0 aromatic carbocycles. The molecule has 0 aromatic rings. The molecule has 1 atom stereocenters. The Hall–Kier alpha value is -0.703. The molecule has 0 fully saturated rings. The fourth-order valence-corrected chi connectivity index (χ4v) is 3.10. The second-order valence-corrected chi connectivity index (χ2v) is 11.9. The first kappa shape index (κ1) is 17.3. The Labute approximate surface area is 127 Å². The van der Waals surface area contributed by atoms with Gasteiger partial charge in [0.1, 0.15) is 6.10 Å². The Morgan fingerprint density at radius 1 is 0.900 bits per heavy atom. The molecule has 0 amide bonds. The Morgan fingerprint density at radius 2 is 1.45 bits per heavy atom. The number of rotatable bonds is 2. The molecule has 0 heterocycles. The molecule has 1 nitrogen and oxygen atoms in total. The van der Waals surface area contributed by atoms with Crippen LogP contribution in [0.3, 0.4) is 0 Å². The van der Waals surface area contributed by atoms with E-state index in [-0.39, 0.29) is 11.1 Å². The van der Waals surface area contributed by atoms with E-state index in [1.54, 1.807) is 0 Å². The maximum absolute atomic E-state index is 6.46. The highest BCUT2D eigenvalue weighted by Gasteiger charge is 2.38.